The zero-order valence-electron chi connectivity index (χ0n) is 13.4. The van der Waals surface area contributed by atoms with Gasteiger partial charge in [0.05, 0.1) is 18.6 Å². The Morgan fingerprint density at radius 3 is 2.59 bits per heavy atom. The Balaban J connectivity index is 2.00. The Morgan fingerprint density at radius 2 is 1.91 bits per heavy atom. The van der Waals surface area contributed by atoms with Gasteiger partial charge < -0.3 is 9.64 Å². The lowest BCUT2D eigenvalue weighted by molar-refractivity contribution is 0.304. The van der Waals surface area contributed by atoms with Gasteiger partial charge in [0.15, 0.2) is 0 Å². The fourth-order valence-corrected chi connectivity index (χ4v) is 2.33. The molecule has 0 N–H and O–H groups in total. The molecule has 0 aliphatic carbocycles. The Bertz CT molecular complexity index is 658. The maximum atomic E-state index is 9.44. The molecule has 0 heterocycles. The Hall–Kier alpha value is -2.47. The second-order valence-corrected chi connectivity index (χ2v) is 5.57. The van der Waals surface area contributed by atoms with Gasteiger partial charge in [-0.05, 0) is 36.2 Å². The van der Waals surface area contributed by atoms with Gasteiger partial charge in [-0.25, -0.2) is 0 Å². The van der Waals surface area contributed by atoms with Gasteiger partial charge in [0, 0.05) is 26.2 Å². The maximum Gasteiger partial charge on any atom is 0.122 e. The third-order valence-corrected chi connectivity index (χ3v) is 3.70. The van der Waals surface area contributed by atoms with Crippen molar-refractivity contribution in [2.75, 3.05) is 25.6 Å². The van der Waals surface area contributed by atoms with Gasteiger partial charge in [-0.1, -0.05) is 30.3 Å². The lowest BCUT2D eigenvalue weighted by atomic mass is 9.97. The molecule has 3 heteroatoms. The summed E-state index contributed by atoms with van der Waals surface area (Å²) in [6, 6.07) is 18.5. The summed E-state index contributed by atoms with van der Waals surface area (Å²) < 4.78 is 5.81. The van der Waals surface area contributed by atoms with Crippen molar-refractivity contribution in [2.45, 2.75) is 19.3 Å². The molecule has 0 fully saturated rings. The van der Waals surface area contributed by atoms with Crippen LogP contribution >= 0.6 is 0 Å². The molecule has 0 aromatic heterocycles. The van der Waals surface area contributed by atoms with E-state index >= 15 is 0 Å². The molecule has 22 heavy (non-hydrogen) atoms. The minimum absolute atomic E-state index is 0.149. The van der Waals surface area contributed by atoms with Crippen LogP contribution in [0.5, 0.6) is 5.75 Å². The third kappa shape index (κ3) is 4.02. The van der Waals surface area contributed by atoms with E-state index in [1.165, 1.54) is 0 Å². The lowest BCUT2D eigenvalue weighted by Gasteiger charge is -2.16. The van der Waals surface area contributed by atoms with Crippen LogP contribution in [0.1, 0.15) is 23.5 Å². The predicted molar refractivity (Wildman–Crippen MR) is 90.4 cm³/mol. The molecule has 1 atom stereocenters. The standard InChI is InChI=1S/C19H22N2O/c1-15-7-4-5-10-19(15)22-12-11-17(14-20)16-8-6-9-18(13-16)21(2)3/h4-10,13,17H,11-12H2,1-3H3. The van der Waals surface area contributed by atoms with Crippen molar-refractivity contribution in [3.63, 3.8) is 0 Å². The van der Waals surface area contributed by atoms with Crippen molar-refractivity contribution >= 4 is 5.69 Å². The van der Waals surface area contributed by atoms with Crippen molar-refractivity contribution in [1.82, 2.24) is 0 Å². The largest absolute Gasteiger partial charge is 0.493 e. The van der Waals surface area contributed by atoms with Crippen LogP contribution in [0, 0.1) is 18.3 Å². The van der Waals surface area contributed by atoms with Crippen molar-refractivity contribution in [2.24, 2.45) is 0 Å². The number of anilines is 1. The van der Waals surface area contributed by atoms with Gasteiger partial charge in [0.1, 0.15) is 5.75 Å². The summed E-state index contributed by atoms with van der Waals surface area (Å²) >= 11 is 0. The van der Waals surface area contributed by atoms with Crippen LogP contribution in [-0.2, 0) is 0 Å². The number of nitrogens with zero attached hydrogens (tertiary/aromatic N) is 2. The number of ether oxygens (including phenoxy) is 1. The molecule has 0 aliphatic rings. The van der Waals surface area contributed by atoms with Gasteiger partial charge >= 0.3 is 0 Å². The molecule has 2 aromatic carbocycles. The predicted octanol–water partition coefficient (Wildman–Crippen LogP) is 4.14. The number of para-hydroxylation sites is 1. The van der Waals surface area contributed by atoms with Gasteiger partial charge in [-0.2, -0.15) is 5.26 Å². The molecule has 1 unspecified atom stereocenters. The van der Waals surface area contributed by atoms with E-state index in [1.54, 1.807) is 0 Å². The molecular weight excluding hydrogens is 272 g/mol. The van der Waals surface area contributed by atoms with E-state index < -0.39 is 0 Å². The molecule has 0 radical (unpaired) electrons. The third-order valence-electron chi connectivity index (χ3n) is 3.70. The minimum Gasteiger partial charge on any atom is -0.493 e. The number of hydrogen-bond donors (Lipinski definition) is 0. The average molecular weight is 294 g/mol. The van der Waals surface area contributed by atoms with Crippen LogP contribution in [0.25, 0.3) is 0 Å². The van der Waals surface area contributed by atoms with E-state index in [4.69, 9.17) is 4.74 Å². The maximum absolute atomic E-state index is 9.44. The van der Waals surface area contributed by atoms with E-state index in [1.807, 2.05) is 68.4 Å². The van der Waals surface area contributed by atoms with Crippen molar-refractivity contribution < 1.29 is 4.74 Å². The van der Waals surface area contributed by atoms with Crippen LogP contribution in [-0.4, -0.2) is 20.7 Å². The second kappa shape index (κ2) is 7.51. The fourth-order valence-electron chi connectivity index (χ4n) is 2.33. The van der Waals surface area contributed by atoms with Crippen LogP contribution in [0.2, 0.25) is 0 Å². The van der Waals surface area contributed by atoms with Crippen LogP contribution < -0.4 is 9.64 Å². The molecule has 2 rings (SSSR count). The Labute approximate surface area is 132 Å². The summed E-state index contributed by atoms with van der Waals surface area (Å²) in [6.45, 7) is 2.56. The molecule has 0 bridgehead atoms. The van der Waals surface area contributed by atoms with E-state index in [-0.39, 0.29) is 5.92 Å². The Morgan fingerprint density at radius 1 is 1.14 bits per heavy atom. The van der Waals surface area contributed by atoms with E-state index in [2.05, 4.69) is 12.1 Å². The highest BCUT2D eigenvalue weighted by Crippen LogP contribution is 2.24. The topological polar surface area (TPSA) is 36.3 Å². The summed E-state index contributed by atoms with van der Waals surface area (Å²) in [5.41, 5.74) is 3.27. The lowest BCUT2D eigenvalue weighted by Crippen LogP contribution is -2.10. The molecule has 114 valence electrons. The number of rotatable bonds is 6. The SMILES string of the molecule is Cc1ccccc1OCCC(C#N)c1cccc(N(C)C)c1. The summed E-state index contributed by atoms with van der Waals surface area (Å²) in [7, 11) is 4.00. The zero-order valence-corrected chi connectivity index (χ0v) is 13.4. The van der Waals surface area contributed by atoms with Crippen LogP contribution in [0.4, 0.5) is 5.69 Å². The molecule has 0 spiro atoms. The summed E-state index contributed by atoms with van der Waals surface area (Å²) in [5, 5.41) is 9.44. The summed E-state index contributed by atoms with van der Waals surface area (Å²) in [5.74, 6) is 0.741. The highest BCUT2D eigenvalue weighted by atomic mass is 16.5. The van der Waals surface area contributed by atoms with E-state index in [0.29, 0.717) is 13.0 Å². The van der Waals surface area contributed by atoms with Crippen molar-refractivity contribution in [3.8, 4) is 11.8 Å². The fraction of sp³-hybridized carbons (Fsp3) is 0.316. The van der Waals surface area contributed by atoms with Gasteiger partial charge in [-0.3, -0.25) is 0 Å². The molecular formula is C19H22N2O. The Kier molecular flexibility index (Phi) is 5.43. The highest BCUT2D eigenvalue weighted by Gasteiger charge is 2.12. The molecule has 3 nitrogen and oxygen atoms in total. The van der Waals surface area contributed by atoms with Gasteiger partial charge in [-0.15, -0.1) is 0 Å². The number of benzene rings is 2. The number of aryl methyl sites for hydroxylation is 1. The van der Waals surface area contributed by atoms with Gasteiger partial charge in [0.2, 0.25) is 0 Å². The molecule has 2 aromatic rings. The van der Waals surface area contributed by atoms with Crippen molar-refractivity contribution in [3.05, 3.63) is 59.7 Å². The van der Waals surface area contributed by atoms with E-state index in [0.717, 1.165) is 22.6 Å². The average Bonchev–Trinajstić information content (AvgIpc) is 2.53. The quantitative estimate of drug-likeness (QED) is 0.803. The smallest absolute Gasteiger partial charge is 0.122 e. The molecule has 0 saturated carbocycles. The monoisotopic (exact) mass is 294 g/mol. The van der Waals surface area contributed by atoms with Crippen molar-refractivity contribution in [1.29, 1.82) is 5.26 Å². The van der Waals surface area contributed by atoms with Gasteiger partial charge in [0.25, 0.3) is 0 Å². The first-order chi connectivity index (χ1) is 10.6. The molecule has 0 aliphatic heterocycles. The summed E-state index contributed by atoms with van der Waals surface area (Å²) in [6.07, 6.45) is 0.682. The second-order valence-electron chi connectivity index (χ2n) is 5.57. The first-order valence-corrected chi connectivity index (χ1v) is 7.47. The first-order valence-electron chi connectivity index (χ1n) is 7.47. The number of nitriles is 1. The van der Waals surface area contributed by atoms with Crippen LogP contribution in [0.15, 0.2) is 48.5 Å². The molecule has 0 amide bonds. The normalized spacial score (nSPS) is 11.5. The first kappa shape index (κ1) is 15.9. The molecule has 0 saturated heterocycles. The minimum atomic E-state index is -0.149. The zero-order chi connectivity index (χ0) is 15.9. The summed E-state index contributed by atoms with van der Waals surface area (Å²) in [4.78, 5) is 2.04. The van der Waals surface area contributed by atoms with Crippen LogP contribution in [0.3, 0.4) is 0 Å². The highest BCUT2D eigenvalue weighted by molar-refractivity contribution is 5.48. The van der Waals surface area contributed by atoms with E-state index in [9.17, 15) is 5.26 Å². The number of hydrogen-bond acceptors (Lipinski definition) is 3.